The Bertz CT molecular complexity index is 412. The molecule has 84 valence electrons. The number of amides is 1. The smallest absolute Gasteiger partial charge is 0.270 e. The molecule has 1 atom stereocenters. The van der Waals surface area contributed by atoms with Crippen LogP contribution in [0.3, 0.4) is 0 Å². The van der Waals surface area contributed by atoms with Crippen LogP contribution in [0, 0.1) is 18.3 Å². The number of hydrogen-bond donors (Lipinski definition) is 1. The summed E-state index contributed by atoms with van der Waals surface area (Å²) < 4.78 is 12.8. The highest BCUT2D eigenvalue weighted by Gasteiger charge is 2.12. The molecule has 1 aromatic heterocycles. The van der Waals surface area contributed by atoms with Crippen molar-refractivity contribution in [1.29, 1.82) is 0 Å². The van der Waals surface area contributed by atoms with Gasteiger partial charge in [0.05, 0.1) is 6.04 Å². The third-order valence-corrected chi connectivity index (χ3v) is 2.03. The van der Waals surface area contributed by atoms with Gasteiger partial charge in [0.25, 0.3) is 5.91 Å². The Morgan fingerprint density at radius 2 is 2.44 bits per heavy atom. The number of aromatic nitrogens is 1. The van der Waals surface area contributed by atoms with Gasteiger partial charge in [-0.15, -0.1) is 6.42 Å². The second kappa shape index (κ2) is 5.86. The number of nitrogens with one attached hydrogen (secondary N) is 1. The molecule has 1 rings (SSSR count). The molecule has 1 aromatic rings. The van der Waals surface area contributed by atoms with E-state index >= 15 is 0 Å². The van der Waals surface area contributed by atoms with Crippen LogP contribution in [-0.4, -0.2) is 16.9 Å². The summed E-state index contributed by atoms with van der Waals surface area (Å²) in [6.45, 7) is 1.97. The first kappa shape index (κ1) is 12.2. The second-order valence-electron chi connectivity index (χ2n) is 3.33. The van der Waals surface area contributed by atoms with E-state index in [1.807, 2.05) is 6.92 Å². The largest absolute Gasteiger partial charge is 0.337 e. The van der Waals surface area contributed by atoms with Crippen molar-refractivity contribution < 1.29 is 9.18 Å². The fourth-order valence-electron chi connectivity index (χ4n) is 1.25. The van der Waals surface area contributed by atoms with Crippen molar-refractivity contribution in [2.75, 3.05) is 0 Å². The monoisotopic (exact) mass is 220 g/mol. The highest BCUT2D eigenvalue weighted by atomic mass is 19.1. The standard InChI is InChI=1S/C12H13FN2O/c1-3-6-9(4-2)14-12(16)10-7-5-8-11(13)15-10/h2,5,7-9H,3,6H2,1H3,(H,14,16). The molecule has 3 nitrogen and oxygen atoms in total. The van der Waals surface area contributed by atoms with Crippen molar-refractivity contribution in [3.63, 3.8) is 0 Å². The summed E-state index contributed by atoms with van der Waals surface area (Å²) in [5, 5.41) is 2.61. The average molecular weight is 220 g/mol. The quantitative estimate of drug-likeness (QED) is 0.620. The summed E-state index contributed by atoms with van der Waals surface area (Å²) in [5.41, 5.74) is 0.0383. The van der Waals surface area contributed by atoms with Crippen LogP contribution in [0.15, 0.2) is 18.2 Å². The van der Waals surface area contributed by atoms with Gasteiger partial charge in [-0.25, -0.2) is 4.98 Å². The average Bonchev–Trinajstić information content (AvgIpc) is 2.28. The molecule has 0 aromatic carbocycles. The highest BCUT2D eigenvalue weighted by Crippen LogP contribution is 2.00. The molecule has 0 bridgehead atoms. The van der Waals surface area contributed by atoms with Crippen LogP contribution in [0.25, 0.3) is 0 Å². The van der Waals surface area contributed by atoms with Crippen molar-refractivity contribution in [1.82, 2.24) is 10.3 Å². The van der Waals surface area contributed by atoms with Crippen LogP contribution in [-0.2, 0) is 0 Å². The van der Waals surface area contributed by atoms with Crippen LogP contribution in [0.5, 0.6) is 0 Å². The van der Waals surface area contributed by atoms with Gasteiger partial charge in [0, 0.05) is 0 Å². The first-order valence-corrected chi connectivity index (χ1v) is 5.07. The molecule has 0 saturated carbocycles. The van der Waals surface area contributed by atoms with Gasteiger partial charge in [0.15, 0.2) is 0 Å². The van der Waals surface area contributed by atoms with E-state index in [0.29, 0.717) is 6.42 Å². The lowest BCUT2D eigenvalue weighted by atomic mass is 10.2. The van der Waals surface area contributed by atoms with Gasteiger partial charge >= 0.3 is 0 Å². The fraction of sp³-hybridized carbons (Fsp3) is 0.333. The van der Waals surface area contributed by atoms with Crippen molar-refractivity contribution in [2.45, 2.75) is 25.8 Å². The van der Waals surface area contributed by atoms with Crippen molar-refractivity contribution in [2.24, 2.45) is 0 Å². The Balaban J connectivity index is 2.69. The molecule has 16 heavy (non-hydrogen) atoms. The van der Waals surface area contributed by atoms with E-state index < -0.39 is 11.9 Å². The molecule has 1 N–H and O–H groups in total. The minimum atomic E-state index is -0.680. The molecule has 0 radical (unpaired) electrons. The van der Waals surface area contributed by atoms with Gasteiger partial charge in [-0.1, -0.05) is 25.3 Å². The normalized spacial score (nSPS) is 11.6. The Morgan fingerprint density at radius 1 is 1.69 bits per heavy atom. The lowest BCUT2D eigenvalue weighted by Crippen LogP contribution is -2.34. The van der Waals surface area contributed by atoms with Crippen LogP contribution < -0.4 is 5.32 Å². The number of terminal acetylenes is 1. The zero-order chi connectivity index (χ0) is 12.0. The minimum Gasteiger partial charge on any atom is -0.337 e. The molecule has 0 aliphatic heterocycles. The number of pyridine rings is 1. The molecule has 1 heterocycles. The summed E-state index contributed by atoms with van der Waals surface area (Å²) in [6.07, 6.45) is 6.81. The topological polar surface area (TPSA) is 42.0 Å². The summed E-state index contributed by atoms with van der Waals surface area (Å²) in [7, 11) is 0. The summed E-state index contributed by atoms with van der Waals surface area (Å²) in [4.78, 5) is 15.1. The molecule has 0 fully saturated rings. The van der Waals surface area contributed by atoms with Crippen LogP contribution in [0.2, 0.25) is 0 Å². The molecule has 0 aliphatic rings. The summed E-state index contributed by atoms with van der Waals surface area (Å²) >= 11 is 0. The van der Waals surface area contributed by atoms with Crippen LogP contribution in [0.1, 0.15) is 30.3 Å². The van der Waals surface area contributed by atoms with Gasteiger partial charge in [-0.3, -0.25) is 4.79 Å². The number of carbonyl (C=O) groups is 1. The number of hydrogen-bond acceptors (Lipinski definition) is 2. The number of halogens is 1. The van der Waals surface area contributed by atoms with E-state index in [2.05, 4.69) is 16.2 Å². The van der Waals surface area contributed by atoms with Crippen LogP contribution in [0.4, 0.5) is 4.39 Å². The lowest BCUT2D eigenvalue weighted by molar-refractivity contribution is 0.0938. The lowest BCUT2D eigenvalue weighted by Gasteiger charge is -2.11. The minimum absolute atomic E-state index is 0.0383. The summed E-state index contributed by atoms with van der Waals surface area (Å²) in [5.74, 6) is 1.34. The van der Waals surface area contributed by atoms with Crippen LogP contribution >= 0.6 is 0 Å². The van der Waals surface area contributed by atoms with Crippen molar-refractivity contribution in [3.05, 3.63) is 29.8 Å². The van der Waals surface area contributed by atoms with Crippen molar-refractivity contribution in [3.8, 4) is 12.3 Å². The van der Waals surface area contributed by atoms with Gasteiger partial charge in [-0.2, -0.15) is 4.39 Å². The Labute approximate surface area is 94.1 Å². The van der Waals surface area contributed by atoms with E-state index in [0.717, 1.165) is 6.42 Å². The number of nitrogens with zero attached hydrogens (tertiary/aromatic N) is 1. The highest BCUT2D eigenvalue weighted by molar-refractivity contribution is 5.92. The zero-order valence-electron chi connectivity index (χ0n) is 9.03. The zero-order valence-corrected chi connectivity index (χ0v) is 9.03. The molecule has 1 unspecified atom stereocenters. The van der Waals surface area contributed by atoms with E-state index in [9.17, 15) is 9.18 Å². The van der Waals surface area contributed by atoms with Gasteiger partial charge in [-0.05, 0) is 18.6 Å². The number of carbonyl (C=O) groups excluding carboxylic acids is 1. The Kier molecular flexibility index (Phi) is 4.46. The van der Waals surface area contributed by atoms with E-state index in [1.165, 1.54) is 18.2 Å². The van der Waals surface area contributed by atoms with Crippen molar-refractivity contribution >= 4 is 5.91 Å². The molecular formula is C12H13FN2O. The predicted molar refractivity (Wildman–Crippen MR) is 59.2 cm³/mol. The first-order valence-electron chi connectivity index (χ1n) is 5.07. The summed E-state index contributed by atoms with van der Waals surface area (Å²) in [6, 6.07) is 3.73. The Morgan fingerprint density at radius 3 is 3.00 bits per heavy atom. The molecular weight excluding hydrogens is 207 g/mol. The molecule has 4 heteroatoms. The predicted octanol–water partition coefficient (Wildman–Crippen LogP) is 1.75. The Hall–Kier alpha value is -1.89. The third-order valence-electron chi connectivity index (χ3n) is 2.03. The van der Waals surface area contributed by atoms with Gasteiger partial charge in [0.2, 0.25) is 5.95 Å². The maximum absolute atomic E-state index is 12.8. The van der Waals surface area contributed by atoms with Gasteiger partial charge < -0.3 is 5.32 Å². The molecule has 0 saturated heterocycles. The first-order chi connectivity index (χ1) is 7.67. The molecule has 0 spiro atoms. The molecule has 0 aliphatic carbocycles. The maximum atomic E-state index is 12.8. The molecule has 1 amide bonds. The maximum Gasteiger partial charge on any atom is 0.270 e. The van der Waals surface area contributed by atoms with Gasteiger partial charge in [0.1, 0.15) is 5.69 Å². The second-order valence-corrected chi connectivity index (χ2v) is 3.33. The van der Waals surface area contributed by atoms with E-state index in [4.69, 9.17) is 6.42 Å². The van der Waals surface area contributed by atoms with E-state index in [1.54, 1.807) is 0 Å². The van der Waals surface area contributed by atoms with E-state index in [-0.39, 0.29) is 11.7 Å². The number of rotatable bonds is 4. The SMILES string of the molecule is C#CC(CCC)NC(=O)c1cccc(F)n1. The third kappa shape index (κ3) is 3.35. The fourth-order valence-corrected chi connectivity index (χ4v) is 1.25.